The van der Waals surface area contributed by atoms with Crippen LogP contribution in [0.3, 0.4) is 0 Å². The van der Waals surface area contributed by atoms with Crippen molar-refractivity contribution in [2.24, 2.45) is 16.5 Å². The Labute approximate surface area is 190 Å². The van der Waals surface area contributed by atoms with Gasteiger partial charge >= 0.3 is 5.97 Å². The van der Waals surface area contributed by atoms with Gasteiger partial charge in [0.1, 0.15) is 12.1 Å². The zero-order valence-corrected chi connectivity index (χ0v) is 18.1. The Bertz CT molecular complexity index is 759. The zero-order valence-electron chi connectivity index (χ0n) is 17.3. The minimum absolute atomic E-state index is 0. The number of carboxylic acids is 1. The quantitative estimate of drug-likeness (QED) is 0.105. The summed E-state index contributed by atoms with van der Waals surface area (Å²) in [6.45, 7) is 0.0433. The van der Waals surface area contributed by atoms with Crippen molar-refractivity contribution in [3.8, 4) is 0 Å². The van der Waals surface area contributed by atoms with E-state index in [1.807, 2.05) is 0 Å². The summed E-state index contributed by atoms with van der Waals surface area (Å²) in [6, 6.07) is -3.32. The molecule has 0 saturated carbocycles. The number of halogens is 1. The fourth-order valence-electron chi connectivity index (χ4n) is 3.31. The summed E-state index contributed by atoms with van der Waals surface area (Å²) in [5.74, 6) is -3.80. The fraction of sp³-hybridized carbons (Fsp3) is 0.647. The molecule has 0 aliphatic carbocycles. The van der Waals surface area contributed by atoms with E-state index in [0.717, 1.165) is 0 Å². The number of rotatable bonds is 6. The Kier molecular flexibility index (Phi) is 10.6. The molecule has 4 amide bonds. The van der Waals surface area contributed by atoms with Gasteiger partial charge in [-0.25, -0.2) is 0 Å². The minimum Gasteiger partial charge on any atom is -0.481 e. The van der Waals surface area contributed by atoms with Gasteiger partial charge in [-0.1, -0.05) is 0 Å². The van der Waals surface area contributed by atoms with Crippen molar-refractivity contribution in [3.63, 3.8) is 0 Å². The number of carbonyl (C=O) groups is 5. The van der Waals surface area contributed by atoms with E-state index in [1.54, 1.807) is 0 Å². The number of hydrogen-bond donors (Lipinski definition) is 8. The molecule has 2 rings (SSSR count). The first-order valence-corrected chi connectivity index (χ1v) is 9.84. The third kappa shape index (κ3) is 8.55. The maximum atomic E-state index is 12.6. The fourth-order valence-corrected chi connectivity index (χ4v) is 3.31. The van der Waals surface area contributed by atoms with E-state index in [0.29, 0.717) is 6.42 Å². The third-order valence-corrected chi connectivity index (χ3v) is 4.83. The molecule has 2 aliphatic heterocycles. The number of aliphatic imine (C=N–C) groups is 1. The monoisotopic (exact) mass is 476 g/mol. The van der Waals surface area contributed by atoms with Crippen molar-refractivity contribution in [2.75, 3.05) is 19.6 Å². The van der Waals surface area contributed by atoms with Gasteiger partial charge < -0.3 is 43.2 Å². The number of amides is 4. The van der Waals surface area contributed by atoms with Gasteiger partial charge in [0.2, 0.25) is 23.6 Å². The zero-order chi connectivity index (χ0) is 23.0. The highest BCUT2D eigenvalue weighted by Crippen LogP contribution is 2.10. The summed E-state index contributed by atoms with van der Waals surface area (Å²) < 4.78 is 0. The summed E-state index contributed by atoms with van der Waals surface area (Å²) in [5, 5.41) is 22.0. The van der Waals surface area contributed by atoms with E-state index in [1.165, 1.54) is 0 Å². The molecule has 4 atom stereocenters. The van der Waals surface area contributed by atoms with Crippen LogP contribution in [0.1, 0.15) is 25.7 Å². The molecule has 0 aromatic rings. The van der Waals surface area contributed by atoms with Crippen LogP contribution in [0.2, 0.25) is 0 Å². The van der Waals surface area contributed by atoms with Gasteiger partial charge in [0.25, 0.3) is 0 Å². The molecule has 180 valence electrons. The highest BCUT2D eigenvalue weighted by atomic mass is 35.5. The van der Waals surface area contributed by atoms with Crippen LogP contribution in [0.5, 0.6) is 0 Å². The summed E-state index contributed by atoms with van der Waals surface area (Å²) in [4.78, 5) is 64.6. The number of fused-ring (bicyclic) bond motifs is 2. The number of guanidine groups is 1. The molecule has 14 nitrogen and oxygen atoms in total. The van der Waals surface area contributed by atoms with Crippen molar-refractivity contribution in [3.05, 3.63) is 0 Å². The number of hydrogen-bond acceptors (Lipinski definition) is 7. The van der Waals surface area contributed by atoms with Gasteiger partial charge in [0.15, 0.2) is 5.96 Å². The smallest absolute Gasteiger partial charge is 0.305 e. The Morgan fingerprint density at radius 2 is 1.75 bits per heavy atom. The van der Waals surface area contributed by atoms with E-state index < -0.39 is 66.7 Å². The normalized spacial score (nSPS) is 26.4. The van der Waals surface area contributed by atoms with Crippen LogP contribution in [-0.2, 0) is 24.0 Å². The third-order valence-electron chi connectivity index (χ3n) is 4.83. The second-order valence-corrected chi connectivity index (χ2v) is 7.35. The van der Waals surface area contributed by atoms with E-state index in [-0.39, 0.29) is 44.3 Å². The summed E-state index contributed by atoms with van der Waals surface area (Å²) in [6.07, 6.45) is 0.251. The highest BCUT2D eigenvalue weighted by molar-refractivity contribution is 5.94. The topological polar surface area (TPSA) is 230 Å². The van der Waals surface area contributed by atoms with Gasteiger partial charge in [0, 0.05) is 19.1 Å². The SMILES string of the molecule is Cl.NC(N)=NCCC[C@@H]1NC(=O)[C@@H]2C[C@H](CN2)NC(=O)[C@H](CC(=O)O)NC(=O)CNC1=O. The number of carboxylic acid groups (broad SMARTS) is 1. The lowest BCUT2D eigenvalue weighted by molar-refractivity contribution is -0.141. The molecule has 0 unspecified atom stereocenters. The first-order chi connectivity index (χ1) is 14.7. The average molecular weight is 477 g/mol. The predicted octanol–water partition coefficient (Wildman–Crippen LogP) is -4.12. The van der Waals surface area contributed by atoms with Gasteiger partial charge in [-0.2, -0.15) is 0 Å². The number of aliphatic carboxylic acids is 1. The Balaban J connectivity index is 0.00000512. The number of nitrogens with one attached hydrogen (secondary N) is 5. The lowest BCUT2D eigenvalue weighted by Gasteiger charge is -2.23. The Morgan fingerprint density at radius 1 is 1.03 bits per heavy atom. The van der Waals surface area contributed by atoms with Crippen molar-refractivity contribution in [1.82, 2.24) is 26.6 Å². The molecule has 2 saturated heterocycles. The van der Waals surface area contributed by atoms with Gasteiger partial charge in [0.05, 0.1) is 19.0 Å². The summed E-state index contributed by atoms with van der Waals surface area (Å²) >= 11 is 0. The van der Waals surface area contributed by atoms with Crippen molar-refractivity contribution in [2.45, 2.75) is 49.9 Å². The minimum atomic E-state index is -1.31. The molecule has 2 fully saturated rings. The Hall–Kier alpha value is -3.13. The highest BCUT2D eigenvalue weighted by Gasteiger charge is 2.34. The maximum absolute atomic E-state index is 12.6. The molecular weight excluding hydrogens is 448 g/mol. The van der Waals surface area contributed by atoms with Crippen LogP contribution < -0.4 is 38.1 Å². The molecular formula is C17H29ClN8O6. The van der Waals surface area contributed by atoms with E-state index in [2.05, 4.69) is 31.6 Å². The molecule has 15 heteroatoms. The predicted molar refractivity (Wildman–Crippen MR) is 115 cm³/mol. The molecule has 2 heterocycles. The number of nitrogens with zero attached hydrogens (tertiary/aromatic N) is 1. The second kappa shape index (κ2) is 12.7. The van der Waals surface area contributed by atoms with Crippen LogP contribution in [0, 0.1) is 0 Å². The van der Waals surface area contributed by atoms with Crippen LogP contribution in [0.25, 0.3) is 0 Å². The standard InChI is InChI=1S/C17H28N8O6.ClH/c18-17(19)20-3-1-2-9-14(29)22-7-12(26)24-11(5-13(27)28)16(31)23-8-4-10(21-6-8)15(30)25-9;/h8-11,21H,1-7H2,(H,22,29)(H,23,31)(H,24,26)(H,25,30)(H,27,28)(H4,18,19,20);1H/t8-,9+,10+,11+;/m1./s1. The van der Waals surface area contributed by atoms with Crippen LogP contribution in [-0.4, -0.2) is 84.5 Å². The molecule has 32 heavy (non-hydrogen) atoms. The Morgan fingerprint density at radius 3 is 2.41 bits per heavy atom. The summed E-state index contributed by atoms with van der Waals surface area (Å²) in [5.41, 5.74) is 10.5. The van der Waals surface area contributed by atoms with E-state index >= 15 is 0 Å². The van der Waals surface area contributed by atoms with Crippen LogP contribution in [0.4, 0.5) is 0 Å². The van der Waals surface area contributed by atoms with Crippen molar-refractivity contribution >= 4 is 48.0 Å². The lowest BCUT2D eigenvalue weighted by atomic mass is 10.1. The van der Waals surface area contributed by atoms with Crippen molar-refractivity contribution in [1.29, 1.82) is 0 Å². The molecule has 10 N–H and O–H groups in total. The molecule has 2 bridgehead atoms. The van der Waals surface area contributed by atoms with Crippen LogP contribution in [0.15, 0.2) is 4.99 Å². The molecule has 0 aromatic heterocycles. The van der Waals surface area contributed by atoms with Crippen LogP contribution >= 0.6 is 12.4 Å². The lowest BCUT2D eigenvalue weighted by Crippen LogP contribution is -2.55. The van der Waals surface area contributed by atoms with Gasteiger partial charge in [-0.05, 0) is 19.3 Å². The average Bonchev–Trinajstić information content (AvgIpc) is 3.15. The van der Waals surface area contributed by atoms with Crippen molar-refractivity contribution < 1.29 is 29.1 Å². The van der Waals surface area contributed by atoms with E-state index in [9.17, 15) is 24.0 Å². The largest absolute Gasteiger partial charge is 0.481 e. The van der Waals surface area contributed by atoms with Gasteiger partial charge in [-0.15, -0.1) is 12.4 Å². The van der Waals surface area contributed by atoms with E-state index in [4.69, 9.17) is 16.6 Å². The molecule has 0 radical (unpaired) electrons. The number of carbonyl (C=O) groups excluding carboxylic acids is 4. The first-order valence-electron chi connectivity index (χ1n) is 9.84. The number of nitrogens with two attached hydrogens (primary N) is 2. The summed E-state index contributed by atoms with van der Waals surface area (Å²) in [7, 11) is 0. The first kappa shape index (κ1) is 26.9. The second-order valence-electron chi connectivity index (χ2n) is 7.35. The van der Waals surface area contributed by atoms with Gasteiger partial charge in [-0.3, -0.25) is 29.0 Å². The molecule has 0 aromatic carbocycles. The molecule has 0 spiro atoms. The maximum Gasteiger partial charge on any atom is 0.305 e. The molecule has 2 aliphatic rings.